The number of benzene rings is 3. The fraction of sp³-hybridized carbons (Fsp3) is 0.333. The van der Waals surface area contributed by atoms with E-state index in [4.69, 9.17) is 9.15 Å². The molecule has 1 N–H and O–H groups in total. The normalized spacial score (nSPS) is 19.4. The highest BCUT2D eigenvalue weighted by molar-refractivity contribution is 9.10. The van der Waals surface area contributed by atoms with Gasteiger partial charge < -0.3 is 19.4 Å². The SMILES string of the molecule is Cc1cc(Br)ccc1C(=O)N1CCC2(CCOCC2C(=O)Nc2ccc3oc4ccccc4c3c2)CC1. The van der Waals surface area contributed by atoms with Crippen molar-refractivity contribution in [2.24, 2.45) is 11.3 Å². The number of para-hydroxylation sites is 1. The number of ether oxygens (including phenoxy) is 1. The van der Waals surface area contributed by atoms with Gasteiger partial charge in [0.05, 0.1) is 12.5 Å². The van der Waals surface area contributed by atoms with E-state index in [1.165, 1.54) is 0 Å². The van der Waals surface area contributed by atoms with Gasteiger partial charge in [0.1, 0.15) is 11.2 Å². The number of anilines is 1. The van der Waals surface area contributed by atoms with E-state index in [1.54, 1.807) is 0 Å². The average molecular weight is 561 g/mol. The number of carbonyl (C=O) groups is 2. The highest BCUT2D eigenvalue weighted by atomic mass is 79.9. The summed E-state index contributed by atoms with van der Waals surface area (Å²) in [6.07, 6.45) is 2.41. The van der Waals surface area contributed by atoms with E-state index < -0.39 is 0 Å². The Hall–Kier alpha value is -3.16. The molecule has 0 radical (unpaired) electrons. The van der Waals surface area contributed by atoms with Crippen molar-refractivity contribution in [3.05, 3.63) is 76.3 Å². The first-order valence-electron chi connectivity index (χ1n) is 12.8. The van der Waals surface area contributed by atoms with E-state index in [0.717, 1.165) is 62.5 Å². The monoisotopic (exact) mass is 560 g/mol. The number of hydrogen-bond donors (Lipinski definition) is 1. The minimum absolute atomic E-state index is 0.0182. The lowest BCUT2D eigenvalue weighted by atomic mass is 9.65. The number of halogens is 1. The van der Waals surface area contributed by atoms with Crippen LogP contribution in [0.4, 0.5) is 5.69 Å². The number of fused-ring (bicyclic) bond motifs is 3. The van der Waals surface area contributed by atoms with Gasteiger partial charge in [-0.05, 0) is 79.6 Å². The van der Waals surface area contributed by atoms with Crippen LogP contribution in [0.25, 0.3) is 21.9 Å². The Balaban J connectivity index is 1.18. The number of carbonyl (C=O) groups excluding carboxylic acids is 2. The van der Waals surface area contributed by atoms with Gasteiger partial charge in [-0.25, -0.2) is 0 Å². The number of hydrogen-bond acceptors (Lipinski definition) is 4. The Morgan fingerprint density at radius 1 is 0.973 bits per heavy atom. The zero-order valence-electron chi connectivity index (χ0n) is 20.8. The Bertz CT molecular complexity index is 1500. The summed E-state index contributed by atoms with van der Waals surface area (Å²) in [5.41, 5.74) is 3.92. The molecule has 1 spiro atoms. The zero-order chi connectivity index (χ0) is 25.6. The molecule has 2 aliphatic rings. The third kappa shape index (κ3) is 4.44. The van der Waals surface area contributed by atoms with Crippen molar-refractivity contribution in [1.82, 2.24) is 4.90 Å². The van der Waals surface area contributed by atoms with Crippen LogP contribution in [0.3, 0.4) is 0 Å². The highest BCUT2D eigenvalue weighted by Crippen LogP contribution is 2.45. The van der Waals surface area contributed by atoms with Gasteiger partial charge in [-0.2, -0.15) is 0 Å². The smallest absolute Gasteiger partial charge is 0.254 e. The van der Waals surface area contributed by atoms with E-state index in [1.807, 2.05) is 72.5 Å². The fourth-order valence-electron chi connectivity index (χ4n) is 6.01. The summed E-state index contributed by atoms with van der Waals surface area (Å²) < 4.78 is 12.7. The quantitative estimate of drug-likeness (QED) is 0.308. The van der Waals surface area contributed by atoms with Crippen LogP contribution in [0.15, 0.2) is 69.6 Å². The van der Waals surface area contributed by atoms with Gasteiger partial charge in [0.25, 0.3) is 5.91 Å². The number of amides is 2. The molecule has 0 aliphatic carbocycles. The third-order valence-electron chi connectivity index (χ3n) is 8.19. The molecule has 1 aromatic heterocycles. The molecule has 0 bridgehead atoms. The lowest BCUT2D eigenvalue weighted by Gasteiger charge is -2.48. The van der Waals surface area contributed by atoms with Crippen molar-refractivity contribution in [3.8, 4) is 0 Å². The van der Waals surface area contributed by atoms with Crippen molar-refractivity contribution < 1.29 is 18.7 Å². The van der Waals surface area contributed by atoms with Gasteiger partial charge in [-0.3, -0.25) is 9.59 Å². The molecule has 6 nitrogen and oxygen atoms in total. The Kier molecular flexibility index (Phi) is 6.29. The number of nitrogens with zero attached hydrogens (tertiary/aromatic N) is 1. The van der Waals surface area contributed by atoms with Crippen LogP contribution in [0.2, 0.25) is 0 Å². The Morgan fingerprint density at radius 3 is 2.57 bits per heavy atom. The van der Waals surface area contributed by atoms with Crippen molar-refractivity contribution in [1.29, 1.82) is 0 Å². The maximum atomic E-state index is 13.6. The summed E-state index contributed by atoms with van der Waals surface area (Å²) >= 11 is 3.47. The van der Waals surface area contributed by atoms with E-state index in [0.29, 0.717) is 26.3 Å². The first-order valence-corrected chi connectivity index (χ1v) is 13.6. The minimum Gasteiger partial charge on any atom is -0.456 e. The molecule has 7 heteroatoms. The molecule has 6 rings (SSSR count). The fourth-order valence-corrected chi connectivity index (χ4v) is 6.48. The van der Waals surface area contributed by atoms with Crippen LogP contribution in [0.5, 0.6) is 0 Å². The topological polar surface area (TPSA) is 71.8 Å². The number of furan rings is 1. The standard InChI is InChI=1S/C30H29BrN2O4/c1-19-16-20(31)6-8-22(19)29(35)33-13-10-30(11-14-33)12-15-36-18-25(30)28(34)32-21-7-9-27-24(17-21)23-4-2-3-5-26(23)37-27/h2-9,16-17,25H,10-15,18H2,1H3,(H,32,34). The summed E-state index contributed by atoms with van der Waals surface area (Å²) in [4.78, 5) is 28.8. The van der Waals surface area contributed by atoms with E-state index in [-0.39, 0.29) is 23.1 Å². The number of aryl methyl sites for hydroxylation is 1. The maximum Gasteiger partial charge on any atom is 0.254 e. The van der Waals surface area contributed by atoms with Gasteiger partial charge in [-0.15, -0.1) is 0 Å². The summed E-state index contributed by atoms with van der Waals surface area (Å²) in [5.74, 6) is -0.214. The number of nitrogens with one attached hydrogen (secondary N) is 1. The second-order valence-corrected chi connectivity index (χ2v) is 11.2. The summed E-state index contributed by atoms with van der Waals surface area (Å²) in [5, 5.41) is 5.17. The van der Waals surface area contributed by atoms with Crippen LogP contribution < -0.4 is 5.32 Å². The minimum atomic E-state index is -0.260. The van der Waals surface area contributed by atoms with E-state index in [9.17, 15) is 9.59 Å². The highest BCUT2D eigenvalue weighted by Gasteiger charge is 2.47. The lowest BCUT2D eigenvalue weighted by molar-refractivity contribution is -0.136. The van der Waals surface area contributed by atoms with Crippen LogP contribution in [-0.4, -0.2) is 43.0 Å². The number of likely N-dealkylation sites (tertiary alicyclic amines) is 1. The second-order valence-electron chi connectivity index (χ2n) is 10.3. The molecule has 0 saturated carbocycles. The molecule has 1 atom stereocenters. The molecule has 190 valence electrons. The van der Waals surface area contributed by atoms with Crippen LogP contribution in [0.1, 0.15) is 35.2 Å². The molecule has 2 saturated heterocycles. The molecule has 3 heterocycles. The molecule has 2 fully saturated rings. The van der Waals surface area contributed by atoms with Gasteiger partial charge in [0.15, 0.2) is 0 Å². The van der Waals surface area contributed by atoms with Gasteiger partial charge in [0, 0.05) is 46.2 Å². The van der Waals surface area contributed by atoms with Crippen molar-refractivity contribution in [2.45, 2.75) is 26.2 Å². The summed E-state index contributed by atoms with van der Waals surface area (Å²) in [7, 11) is 0. The molecule has 37 heavy (non-hydrogen) atoms. The average Bonchev–Trinajstić information content (AvgIpc) is 3.27. The predicted octanol–water partition coefficient (Wildman–Crippen LogP) is 6.55. The number of piperidine rings is 1. The third-order valence-corrected chi connectivity index (χ3v) is 8.69. The summed E-state index contributed by atoms with van der Waals surface area (Å²) in [6, 6.07) is 19.5. The molecule has 1 unspecified atom stereocenters. The largest absolute Gasteiger partial charge is 0.456 e. The molecular formula is C30H29BrN2O4. The lowest BCUT2D eigenvalue weighted by Crippen LogP contribution is -2.52. The molecular weight excluding hydrogens is 532 g/mol. The summed E-state index contributed by atoms with van der Waals surface area (Å²) in [6.45, 7) is 4.31. The maximum absolute atomic E-state index is 13.6. The molecule has 2 aliphatic heterocycles. The van der Waals surface area contributed by atoms with Gasteiger partial charge in [0.2, 0.25) is 5.91 Å². The Morgan fingerprint density at radius 2 is 1.76 bits per heavy atom. The second kappa shape index (κ2) is 9.62. The Labute approximate surface area is 224 Å². The van der Waals surface area contributed by atoms with Crippen LogP contribution >= 0.6 is 15.9 Å². The van der Waals surface area contributed by atoms with E-state index >= 15 is 0 Å². The van der Waals surface area contributed by atoms with Crippen molar-refractivity contribution in [3.63, 3.8) is 0 Å². The van der Waals surface area contributed by atoms with Gasteiger partial charge in [-0.1, -0.05) is 34.1 Å². The van der Waals surface area contributed by atoms with Crippen LogP contribution in [-0.2, 0) is 9.53 Å². The number of rotatable bonds is 3. The van der Waals surface area contributed by atoms with Crippen molar-refractivity contribution >= 4 is 55.4 Å². The predicted molar refractivity (Wildman–Crippen MR) is 148 cm³/mol. The van der Waals surface area contributed by atoms with Crippen molar-refractivity contribution in [2.75, 3.05) is 31.6 Å². The van der Waals surface area contributed by atoms with Crippen LogP contribution in [0, 0.1) is 18.3 Å². The van der Waals surface area contributed by atoms with E-state index in [2.05, 4.69) is 21.2 Å². The first kappa shape index (κ1) is 24.2. The molecule has 2 amide bonds. The molecule has 3 aromatic carbocycles. The molecule has 4 aromatic rings. The zero-order valence-corrected chi connectivity index (χ0v) is 22.3. The van der Waals surface area contributed by atoms with Gasteiger partial charge >= 0.3 is 0 Å². The first-order chi connectivity index (χ1) is 17.9.